The van der Waals surface area contributed by atoms with Crippen LogP contribution in [-0.2, 0) is 9.59 Å². The Balaban J connectivity index is 1.45. The van der Waals surface area contributed by atoms with Crippen LogP contribution in [0.25, 0.3) is 6.08 Å². The Kier molecular flexibility index (Phi) is 6.60. The Bertz CT molecular complexity index is 1010. The van der Waals surface area contributed by atoms with E-state index in [1.54, 1.807) is 17.1 Å². The lowest BCUT2D eigenvalue weighted by molar-refractivity contribution is -0.144. The minimum atomic E-state index is -0.742. The van der Waals surface area contributed by atoms with Crippen LogP contribution in [0.3, 0.4) is 0 Å². The molecule has 2 aromatic heterocycles. The number of nitrogens with zero attached hydrogens (tertiary/aromatic N) is 5. The molecule has 0 spiro atoms. The maximum absolute atomic E-state index is 13.7. The van der Waals surface area contributed by atoms with E-state index in [1.807, 2.05) is 51.3 Å². The highest BCUT2D eigenvalue weighted by molar-refractivity contribution is 5.90. The van der Waals surface area contributed by atoms with Gasteiger partial charge in [-0.2, -0.15) is 0 Å². The van der Waals surface area contributed by atoms with E-state index in [1.165, 1.54) is 4.90 Å². The molecule has 0 aromatic carbocycles. The summed E-state index contributed by atoms with van der Waals surface area (Å²) in [5.41, 5.74) is 1.39. The number of pyridine rings is 1. The molecule has 1 saturated heterocycles. The first-order valence-corrected chi connectivity index (χ1v) is 11.5. The minimum Gasteiger partial charge on any atom is -0.391 e. The van der Waals surface area contributed by atoms with Crippen molar-refractivity contribution in [3.8, 4) is 0 Å². The third-order valence-electron chi connectivity index (χ3n) is 6.10. The van der Waals surface area contributed by atoms with Crippen molar-refractivity contribution in [1.29, 1.82) is 0 Å². The molecule has 0 bridgehead atoms. The van der Waals surface area contributed by atoms with Crippen LogP contribution in [0.2, 0.25) is 0 Å². The minimum absolute atomic E-state index is 0.124. The number of nitrogens with one attached hydrogen (secondary N) is 1. The van der Waals surface area contributed by atoms with Crippen LogP contribution in [-0.4, -0.2) is 67.0 Å². The normalized spacial score (nSPS) is 22.0. The lowest BCUT2D eigenvalue weighted by Gasteiger charge is -2.34. The number of likely N-dealkylation sites (tertiary alicyclic amines) is 1. The van der Waals surface area contributed by atoms with Gasteiger partial charge in [0.15, 0.2) is 0 Å². The molecule has 0 unspecified atom stereocenters. The van der Waals surface area contributed by atoms with Crippen molar-refractivity contribution >= 4 is 17.9 Å². The molecule has 2 amide bonds. The number of rotatable bonds is 7. The second kappa shape index (κ2) is 9.43. The van der Waals surface area contributed by atoms with Crippen LogP contribution < -0.4 is 5.32 Å². The Morgan fingerprint density at radius 1 is 1.33 bits per heavy atom. The largest absolute Gasteiger partial charge is 0.391 e. The highest BCUT2D eigenvalue weighted by atomic mass is 16.3. The molecule has 3 heterocycles. The van der Waals surface area contributed by atoms with E-state index in [-0.39, 0.29) is 24.8 Å². The van der Waals surface area contributed by atoms with Crippen molar-refractivity contribution in [2.24, 2.45) is 5.41 Å². The first kappa shape index (κ1) is 23.1. The van der Waals surface area contributed by atoms with Gasteiger partial charge in [0.05, 0.1) is 11.8 Å². The predicted octanol–water partition coefficient (Wildman–Crippen LogP) is 1.93. The van der Waals surface area contributed by atoms with Crippen molar-refractivity contribution in [1.82, 2.24) is 30.2 Å². The number of carbonyl (C=O) groups excluding carboxylic acids is 2. The molecule has 176 valence electrons. The molecule has 2 N–H and O–H groups in total. The summed E-state index contributed by atoms with van der Waals surface area (Å²) in [7, 11) is 0. The molecule has 9 nitrogen and oxygen atoms in total. The number of aromatic nitrogens is 4. The Labute approximate surface area is 193 Å². The maximum atomic E-state index is 13.7. The van der Waals surface area contributed by atoms with Gasteiger partial charge in [0.1, 0.15) is 12.1 Å². The standard InChI is InChI=1S/C24H32N6O3/c1-24(2,3)21(30-15-19(27-28-30)17-8-9-17)23(33)29-14-18(31)12-20(29)22(32)26-11-5-7-16-6-4-10-25-13-16/h4-7,10,13,15,17-18,20-21,31H,8-9,11-12,14H2,1-3H3,(H,26,32)/b7-5+/t18-,20+,21-/m1/s1. The number of β-amino-alcohol motifs (C(OH)–C–C–N with tert-alkyl or cyclic N) is 1. The topological polar surface area (TPSA) is 113 Å². The van der Waals surface area contributed by atoms with Crippen LogP contribution in [0.15, 0.2) is 36.8 Å². The zero-order chi connectivity index (χ0) is 23.6. The van der Waals surface area contributed by atoms with E-state index in [9.17, 15) is 14.7 Å². The van der Waals surface area contributed by atoms with Gasteiger partial charge in [0, 0.05) is 44.0 Å². The lowest BCUT2D eigenvalue weighted by Crippen LogP contribution is -2.50. The molecule has 1 aliphatic carbocycles. The number of amides is 2. The molecular formula is C24H32N6O3. The Hall–Kier alpha value is -3.07. The van der Waals surface area contributed by atoms with Crippen LogP contribution >= 0.6 is 0 Å². The summed E-state index contributed by atoms with van der Waals surface area (Å²) < 4.78 is 1.63. The molecule has 9 heteroatoms. The van der Waals surface area contributed by atoms with Gasteiger partial charge in [0.25, 0.3) is 0 Å². The fraction of sp³-hybridized carbons (Fsp3) is 0.542. The van der Waals surface area contributed by atoms with E-state index >= 15 is 0 Å². The number of aliphatic hydroxyl groups excluding tert-OH is 1. The summed E-state index contributed by atoms with van der Waals surface area (Å²) in [4.78, 5) is 32.2. The van der Waals surface area contributed by atoms with Gasteiger partial charge >= 0.3 is 0 Å². The molecule has 2 fully saturated rings. The summed E-state index contributed by atoms with van der Waals surface area (Å²) in [5, 5.41) is 21.7. The van der Waals surface area contributed by atoms with E-state index in [2.05, 4.69) is 20.6 Å². The van der Waals surface area contributed by atoms with Gasteiger partial charge < -0.3 is 15.3 Å². The summed E-state index contributed by atoms with van der Waals surface area (Å²) in [6.45, 7) is 6.36. The predicted molar refractivity (Wildman–Crippen MR) is 123 cm³/mol. The first-order valence-electron chi connectivity index (χ1n) is 11.5. The molecule has 2 aliphatic rings. The first-order chi connectivity index (χ1) is 15.7. The SMILES string of the molecule is CC(C)(C)[C@@H](C(=O)N1C[C@H](O)C[C@H]1C(=O)NC/C=C/c1cccnc1)n1cc(C2CC2)nn1. The van der Waals surface area contributed by atoms with Gasteiger partial charge in [-0.3, -0.25) is 14.6 Å². The van der Waals surface area contributed by atoms with E-state index in [4.69, 9.17) is 0 Å². The molecule has 1 saturated carbocycles. The average Bonchev–Trinajstić information content (AvgIpc) is 3.38. The van der Waals surface area contributed by atoms with Crippen LogP contribution in [0.4, 0.5) is 0 Å². The van der Waals surface area contributed by atoms with Gasteiger partial charge in [-0.15, -0.1) is 5.10 Å². The smallest absolute Gasteiger partial charge is 0.248 e. The van der Waals surface area contributed by atoms with Crippen molar-refractivity contribution < 1.29 is 14.7 Å². The quantitative estimate of drug-likeness (QED) is 0.664. The van der Waals surface area contributed by atoms with Gasteiger partial charge in [-0.05, 0) is 29.9 Å². The van der Waals surface area contributed by atoms with E-state index in [0.29, 0.717) is 12.5 Å². The fourth-order valence-corrected chi connectivity index (χ4v) is 4.27. The zero-order valence-electron chi connectivity index (χ0n) is 19.4. The molecule has 1 aliphatic heterocycles. The molecule has 2 aromatic rings. The monoisotopic (exact) mass is 452 g/mol. The third kappa shape index (κ3) is 5.47. The fourth-order valence-electron chi connectivity index (χ4n) is 4.27. The number of aliphatic hydroxyl groups is 1. The van der Waals surface area contributed by atoms with E-state index < -0.39 is 23.6 Å². The van der Waals surface area contributed by atoms with Gasteiger partial charge in [0.2, 0.25) is 11.8 Å². The van der Waals surface area contributed by atoms with Crippen molar-refractivity contribution in [2.75, 3.05) is 13.1 Å². The average molecular weight is 453 g/mol. The molecule has 0 radical (unpaired) electrons. The third-order valence-corrected chi connectivity index (χ3v) is 6.10. The van der Waals surface area contributed by atoms with Crippen molar-refractivity contribution in [3.63, 3.8) is 0 Å². The van der Waals surface area contributed by atoms with Crippen LogP contribution in [0.1, 0.15) is 63.3 Å². The second-order valence-electron chi connectivity index (χ2n) is 10.00. The van der Waals surface area contributed by atoms with E-state index in [0.717, 1.165) is 24.1 Å². The van der Waals surface area contributed by atoms with Crippen LogP contribution in [0.5, 0.6) is 0 Å². The van der Waals surface area contributed by atoms with Crippen LogP contribution in [0, 0.1) is 5.41 Å². The highest BCUT2D eigenvalue weighted by Gasteiger charge is 2.45. The Morgan fingerprint density at radius 2 is 2.12 bits per heavy atom. The zero-order valence-corrected chi connectivity index (χ0v) is 19.4. The van der Waals surface area contributed by atoms with Crippen molar-refractivity contribution in [3.05, 3.63) is 48.1 Å². The molecule has 4 rings (SSSR count). The molecular weight excluding hydrogens is 420 g/mol. The Morgan fingerprint density at radius 3 is 2.79 bits per heavy atom. The lowest BCUT2D eigenvalue weighted by atomic mass is 9.85. The summed E-state index contributed by atoms with van der Waals surface area (Å²) in [6, 6.07) is 2.42. The summed E-state index contributed by atoms with van der Waals surface area (Å²) >= 11 is 0. The van der Waals surface area contributed by atoms with Gasteiger partial charge in [-0.25, -0.2) is 4.68 Å². The number of hydrogen-bond acceptors (Lipinski definition) is 6. The highest BCUT2D eigenvalue weighted by Crippen LogP contribution is 2.40. The summed E-state index contributed by atoms with van der Waals surface area (Å²) in [6.07, 6.45) is 10.7. The van der Waals surface area contributed by atoms with Crippen molar-refractivity contribution in [2.45, 2.75) is 64.1 Å². The molecule has 3 atom stereocenters. The maximum Gasteiger partial charge on any atom is 0.248 e. The summed E-state index contributed by atoms with van der Waals surface area (Å²) in [5.74, 6) is -0.0701. The number of carbonyl (C=O) groups is 2. The van der Waals surface area contributed by atoms with Gasteiger partial charge in [-0.1, -0.05) is 44.2 Å². The number of hydrogen-bond donors (Lipinski definition) is 2. The molecule has 33 heavy (non-hydrogen) atoms. The second-order valence-corrected chi connectivity index (χ2v) is 10.00.